The van der Waals surface area contributed by atoms with Crippen LogP contribution in [0.25, 0.3) is 10.4 Å². The summed E-state index contributed by atoms with van der Waals surface area (Å²) in [7, 11) is -4.14. The first-order chi connectivity index (χ1) is 25.9. The Balaban J connectivity index is 1.35. The minimum Gasteiger partial charge on any atom is -0.391 e. The van der Waals surface area contributed by atoms with Gasteiger partial charge in [0.25, 0.3) is 5.69 Å². The molecule has 17 nitrogen and oxygen atoms in total. The monoisotopic (exact) mass is 816 g/mol. The molecule has 0 bridgehead atoms. The number of nitrogens with zero attached hydrogens (tertiary/aromatic N) is 3. The lowest BCUT2D eigenvalue weighted by molar-refractivity contribution is -0.384. The van der Waals surface area contributed by atoms with Gasteiger partial charge in [-0.3, -0.25) is 24.5 Å². The third-order valence-corrected chi connectivity index (χ3v) is 11.4. The highest BCUT2D eigenvalue weighted by Gasteiger charge is 2.46. The largest absolute Gasteiger partial charge is 0.391 e. The second-order valence-electron chi connectivity index (χ2n) is 16.0. The number of anilines is 1. The van der Waals surface area contributed by atoms with Crippen LogP contribution in [0.3, 0.4) is 0 Å². The molecule has 0 spiro atoms. The molecule has 56 heavy (non-hydrogen) atoms. The topological polar surface area (TPSA) is 262 Å². The molecule has 2 heterocycles. The molecule has 19 heteroatoms. The minimum absolute atomic E-state index is 0.0343. The Morgan fingerprint density at radius 1 is 1.12 bits per heavy atom. The number of carbonyl (C=O) groups is 3. The molecule has 1 aromatic heterocycles. The number of aliphatic hydroxyl groups is 1. The van der Waals surface area contributed by atoms with Crippen molar-refractivity contribution in [2.75, 3.05) is 25.0 Å². The lowest BCUT2D eigenvalue weighted by atomic mass is 9.85. The van der Waals surface area contributed by atoms with Crippen molar-refractivity contribution >= 4 is 50.5 Å². The first kappa shape index (κ1) is 44.2. The standard InChI is InChI=1S/C37H52N8O9S2/c1-22-30(55-21-42-22)24-10-8-23(9-11-24)18-41-32(47)29-16-25(46)19-44(29)33(48)31(35(2,3)4)43-34(49)37(7,38)20-54-36(5,6)14-15-40-27-13-12-26(56(39,52)53)17-28(27)45(50)51/h8-13,17,21,25,29,31,40,46H,14-16,18-20,38H2,1-7H3,(H,41,47)(H,43,49)(H2,39,52,53)/t25-,29+,31?,37?/m1/s1. The number of aliphatic hydroxyl groups excluding tert-OH is 1. The highest BCUT2D eigenvalue weighted by molar-refractivity contribution is 7.89. The summed E-state index contributed by atoms with van der Waals surface area (Å²) in [4.78, 5) is 58.4. The molecule has 1 fully saturated rings. The number of amides is 3. The number of β-amino-alcohol motifs (C(OH)–C–C–N with tert-alkyl or cyclic N) is 1. The van der Waals surface area contributed by atoms with Gasteiger partial charge in [-0.15, -0.1) is 11.3 Å². The fraction of sp³-hybridized carbons (Fsp3) is 0.514. The quantitative estimate of drug-likeness (QED) is 0.0901. The number of carbonyl (C=O) groups excluding carboxylic acids is 3. The number of hydrogen-bond donors (Lipinski definition) is 6. The molecular weight excluding hydrogens is 765 g/mol. The van der Waals surface area contributed by atoms with Gasteiger partial charge < -0.3 is 36.4 Å². The van der Waals surface area contributed by atoms with E-state index in [4.69, 9.17) is 15.6 Å². The lowest BCUT2D eigenvalue weighted by Gasteiger charge is -2.37. The summed E-state index contributed by atoms with van der Waals surface area (Å²) in [5, 5.41) is 35.8. The average Bonchev–Trinajstić information content (AvgIpc) is 3.72. The molecule has 3 aromatic rings. The first-order valence-electron chi connectivity index (χ1n) is 17.9. The highest BCUT2D eigenvalue weighted by atomic mass is 32.2. The summed E-state index contributed by atoms with van der Waals surface area (Å²) in [5.41, 5.74) is 7.33. The Morgan fingerprint density at radius 2 is 1.79 bits per heavy atom. The van der Waals surface area contributed by atoms with E-state index in [1.54, 1.807) is 51.5 Å². The Bertz CT molecular complexity index is 2030. The predicted octanol–water partition coefficient (Wildman–Crippen LogP) is 2.80. The third kappa shape index (κ3) is 11.3. The number of hydrogen-bond acceptors (Lipinski definition) is 13. The Kier molecular flexibility index (Phi) is 13.7. The van der Waals surface area contributed by atoms with Crippen LogP contribution in [0.4, 0.5) is 11.4 Å². The third-order valence-electron chi connectivity index (χ3n) is 9.50. The number of likely N-dealkylation sites (tertiary alicyclic amines) is 1. The molecule has 1 aliphatic heterocycles. The molecule has 2 aromatic carbocycles. The molecule has 0 aliphatic carbocycles. The number of nitro benzene ring substituents is 1. The van der Waals surface area contributed by atoms with Crippen LogP contribution < -0.4 is 26.8 Å². The van der Waals surface area contributed by atoms with Gasteiger partial charge in [0.15, 0.2) is 0 Å². The van der Waals surface area contributed by atoms with E-state index >= 15 is 0 Å². The van der Waals surface area contributed by atoms with Crippen LogP contribution in [0.5, 0.6) is 0 Å². The van der Waals surface area contributed by atoms with Crippen LogP contribution in [0.2, 0.25) is 0 Å². The molecule has 0 radical (unpaired) electrons. The summed E-state index contributed by atoms with van der Waals surface area (Å²) >= 11 is 1.55. The number of aryl methyl sites for hydroxylation is 1. The molecule has 8 N–H and O–H groups in total. The summed E-state index contributed by atoms with van der Waals surface area (Å²) in [6.45, 7) is 12.2. The SMILES string of the molecule is Cc1ncsc1-c1ccc(CNC(=O)[C@@H]2C[C@@H](O)CN2C(=O)C(NC(=O)C(C)(N)COC(C)(C)CCNc2ccc(S(N)(=O)=O)cc2[N+](=O)[O-])C(C)(C)C)cc1. The second kappa shape index (κ2) is 17.3. The van der Waals surface area contributed by atoms with Gasteiger partial charge in [0.1, 0.15) is 23.3 Å². The maximum atomic E-state index is 14.1. The zero-order chi connectivity index (χ0) is 41.8. The summed E-state index contributed by atoms with van der Waals surface area (Å²) < 4.78 is 29.3. The van der Waals surface area contributed by atoms with Crippen molar-refractivity contribution < 1.29 is 37.6 Å². The van der Waals surface area contributed by atoms with Crippen molar-refractivity contribution in [3.8, 4) is 10.4 Å². The van der Waals surface area contributed by atoms with Gasteiger partial charge in [0, 0.05) is 32.1 Å². The molecule has 4 atom stereocenters. The van der Waals surface area contributed by atoms with Crippen LogP contribution in [0, 0.1) is 22.5 Å². The van der Waals surface area contributed by atoms with E-state index in [9.17, 15) is 38.0 Å². The predicted molar refractivity (Wildman–Crippen MR) is 212 cm³/mol. The van der Waals surface area contributed by atoms with E-state index in [2.05, 4.69) is 20.9 Å². The fourth-order valence-electron chi connectivity index (χ4n) is 6.05. The van der Waals surface area contributed by atoms with Gasteiger partial charge in [0.05, 0.1) is 44.2 Å². The number of primary sulfonamides is 1. The number of benzene rings is 2. The van der Waals surface area contributed by atoms with Crippen LogP contribution in [0.1, 0.15) is 65.6 Å². The van der Waals surface area contributed by atoms with E-state index in [1.807, 2.05) is 31.2 Å². The van der Waals surface area contributed by atoms with Gasteiger partial charge in [-0.05, 0) is 62.8 Å². The van der Waals surface area contributed by atoms with Gasteiger partial charge in [-0.25, -0.2) is 18.5 Å². The molecule has 3 amide bonds. The van der Waals surface area contributed by atoms with Crippen molar-refractivity contribution in [1.29, 1.82) is 0 Å². The Labute approximate surface area is 330 Å². The first-order valence-corrected chi connectivity index (χ1v) is 20.4. The lowest BCUT2D eigenvalue weighted by Crippen LogP contribution is -2.63. The number of nitro groups is 1. The van der Waals surface area contributed by atoms with Gasteiger partial charge in [0.2, 0.25) is 27.7 Å². The maximum Gasteiger partial charge on any atom is 0.293 e. The molecule has 2 unspecified atom stereocenters. The van der Waals surface area contributed by atoms with Crippen molar-refractivity contribution in [1.82, 2.24) is 20.5 Å². The van der Waals surface area contributed by atoms with Crippen LogP contribution >= 0.6 is 11.3 Å². The maximum absolute atomic E-state index is 14.1. The number of sulfonamides is 1. The number of aromatic nitrogens is 1. The van der Waals surface area contributed by atoms with Crippen LogP contribution in [-0.2, 0) is 35.7 Å². The molecule has 4 rings (SSSR count). The minimum atomic E-state index is -4.14. The zero-order valence-corrected chi connectivity index (χ0v) is 34.3. The molecular formula is C37H52N8O9S2. The van der Waals surface area contributed by atoms with Gasteiger partial charge >= 0.3 is 0 Å². The van der Waals surface area contributed by atoms with Crippen LogP contribution in [-0.4, -0.2) is 95.1 Å². The normalized spacial score (nSPS) is 17.9. The average molecular weight is 817 g/mol. The van der Waals surface area contributed by atoms with E-state index in [0.29, 0.717) is 6.42 Å². The molecule has 0 saturated carbocycles. The highest BCUT2D eigenvalue weighted by Crippen LogP contribution is 2.30. The van der Waals surface area contributed by atoms with Crippen molar-refractivity contribution in [2.24, 2.45) is 16.3 Å². The number of ether oxygens (including phenoxy) is 1. The number of rotatable bonds is 16. The number of thiazole rings is 1. The Hall–Kier alpha value is -4.53. The Morgan fingerprint density at radius 3 is 2.36 bits per heavy atom. The summed E-state index contributed by atoms with van der Waals surface area (Å²) in [6.07, 6.45) is -0.613. The van der Waals surface area contributed by atoms with Gasteiger partial charge in [-0.1, -0.05) is 45.0 Å². The zero-order valence-electron chi connectivity index (χ0n) is 32.6. The van der Waals surface area contributed by atoms with Crippen molar-refractivity contribution in [3.63, 3.8) is 0 Å². The van der Waals surface area contributed by atoms with E-state index in [1.165, 1.54) is 17.9 Å². The van der Waals surface area contributed by atoms with Gasteiger partial charge in [-0.2, -0.15) is 0 Å². The van der Waals surface area contributed by atoms with E-state index in [-0.39, 0.29) is 38.3 Å². The second-order valence-corrected chi connectivity index (χ2v) is 18.4. The molecule has 1 aliphatic rings. The number of nitrogens with one attached hydrogen (secondary N) is 3. The van der Waals surface area contributed by atoms with Crippen molar-refractivity contribution in [3.05, 3.63) is 69.3 Å². The van der Waals surface area contributed by atoms with Crippen molar-refractivity contribution in [2.45, 2.75) is 102 Å². The summed E-state index contributed by atoms with van der Waals surface area (Å²) in [6, 6.07) is 8.95. The fourth-order valence-corrected chi connectivity index (χ4v) is 7.39. The summed E-state index contributed by atoms with van der Waals surface area (Å²) in [5.74, 6) is -1.65. The number of nitrogens with two attached hydrogens (primary N) is 2. The van der Waals surface area contributed by atoms with E-state index < -0.39 is 78.0 Å². The smallest absolute Gasteiger partial charge is 0.293 e. The van der Waals surface area contributed by atoms with E-state index in [0.717, 1.165) is 33.8 Å². The molecule has 306 valence electrons. The molecule has 1 saturated heterocycles. The van der Waals surface area contributed by atoms with Crippen LogP contribution in [0.15, 0.2) is 52.9 Å².